The van der Waals surface area contributed by atoms with Gasteiger partial charge in [-0.1, -0.05) is 60.7 Å². The smallest absolute Gasteiger partial charge is 0.0833 e. The fourth-order valence-electron chi connectivity index (χ4n) is 2.46. The molecule has 3 aromatic rings. The molecule has 0 unspecified atom stereocenters. The molecular weight excluding hydrogens is 246 g/mol. The predicted octanol–water partition coefficient (Wildman–Crippen LogP) is 3.70. The number of hydrogen-bond donors (Lipinski definition) is 1. The van der Waals surface area contributed by atoms with Crippen molar-refractivity contribution in [2.24, 2.45) is 0 Å². The van der Waals surface area contributed by atoms with E-state index in [1.807, 2.05) is 42.5 Å². The highest BCUT2D eigenvalue weighted by Crippen LogP contribution is 2.23. The van der Waals surface area contributed by atoms with Crippen LogP contribution in [0.1, 0.15) is 11.3 Å². The zero-order valence-corrected chi connectivity index (χ0v) is 11.2. The molecule has 0 saturated carbocycles. The van der Waals surface area contributed by atoms with Gasteiger partial charge in [-0.05, 0) is 23.3 Å². The van der Waals surface area contributed by atoms with Gasteiger partial charge >= 0.3 is 0 Å². The van der Waals surface area contributed by atoms with Crippen LogP contribution < -0.4 is 0 Å². The molecule has 0 aliphatic heterocycles. The number of rotatable bonds is 4. The van der Waals surface area contributed by atoms with Crippen molar-refractivity contribution in [3.8, 4) is 11.3 Å². The van der Waals surface area contributed by atoms with E-state index in [0.717, 1.165) is 17.9 Å². The van der Waals surface area contributed by atoms with Crippen molar-refractivity contribution in [2.75, 3.05) is 0 Å². The van der Waals surface area contributed by atoms with Crippen molar-refractivity contribution in [3.63, 3.8) is 0 Å². The highest BCUT2D eigenvalue weighted by molar-refractivity contribution is 5.61. The number of aliphatic hydroxyl groups is 1. The van der Waals surface area contributed by atoms with Gasteiger partial charge in [0, 0.05) is 17.9 Å². The molecule has 0 bridgehead atoms. The minimum absolute atomic E-state index is 0.0552. The van der Waals surface area contributed by atoms with E-state index in [1.165, 1.54) is 11.1 Å². The van der Waals surface area contributed by atoms with E-state index in [9.17, 15) is 5.11 Å². The molecular formula is C18H17NO. The summed E-state index contributed by atoms with van der Waals surface area (Å²) in [6.45, 7) is 0.827. The zero-order chi connectivity index (χ0) is 13.8. The number of benzene rings is 2. The van der Waals surface area contributed by atoms with E-state index in [0.29, 0.717) is 0 Å². The van der Waals surface area contributed by atoms with Crippen molar-refractivity contribution in [1.82, 2.24) is 4.57 Å². The topological polar surface area (TPSA) is 25.2 Å². The van der Waals surface area contributed by atoms with E-state index in [-0.39, 0.29) is 6.61 Å². The van der Waals surface area contributed by atoms with Crippen LogP contribution in [0.15, 0.2) is 72.8 Å². The highest BCUT2D eigenvalue weighted by Gasteiger charge is 2.09. The van der Waals surface area contributed by atoms with Crippen LogP contribution in [0, 0.1) is 0 Å². The summed E-state index contributed by atoms with van der Waals surface area (Å²) in [5, 5.41) is 9.54. The summed E-state index contributed by atoms with van der Waals surface area (Å²) in [4.78, 5) is 0. The first kappa shape index (κ1) is 12.7. The van der Waals surface area contributed by atoms with Crippen LogP contribution in [-0.4, -0.2) is 9.67 Å². The van der Waals surface area contributed by atoms with Gasteiger partial charge in [0.05, 0.1) is 6.61 Å². The largest absolute Gasteiger partial charge is 0.390 e. The van der Waals surface area contributed by atoms with Crippen molar-refractivity contribution < 1.29 is 5.11 Å². The molecule has 100 valence electrons. The van der Waals surface area contributed by atoms with Crippen LogP contribution in [0.4, 0.5) is 0 Å². The second-order valence-corrected chi connectivity index (χ2v) is 4.81. The zero-order valence-electron chi connectivity index (χ0n) is 11.2. The van der Waals surface area contributed by atoms with Crippen LogP contribution in [0.25, 0.3) is 11.3 Å². The first-order chi connectivity index (χ1) is 9.88. The maximum atomic E-state index is 9.54. The Morgan fingerprint density at radius 3 is 2.05 bits per heavy atom. The Kier molecular flexibility index (Phi) is 3.66. The van der Waals surface area contributed by atoms with E-state index >= 15 is 0 Å². The average molecular weight is 263 g/mol. The van der Waals surface area contributed by atoms with Gasteiger partial charge in [0.1, 0.15) is 0 Å². The summed E-state index contributed by atoms with van der Waals surface area (Å²) in [6, 6.07) is 24.7. The maximum absolute atomic E-state index is 9.54. The molecule has 2 nitrogen and oxygen atoms in total. The van der Waals surface area contributed by atoms with Gasteiger partial charge in [-0.3, -0.25) is 0 Å². The molecule has 0 spiro atoms. The SMILES string of the molecule is OCc1ccc(-c2ccccc2)n1Cc1ccccc1. The Labute approximate surface area is 118 Å². The van der Waals surface area contributed by atoms with Crippen molar-refractivity contribution >= 4 is 0 Å². The maximum Gasteiger partial charge on any atom is 0.0833 e. The molecule has 0 aliphatic rings. The monoisotopic (exact) mass is 263 g/mol. The third-order valence-corrected chi connectivity index (χ3v) is 3.49. The van der Waals surface area contributed by atoms with Crippen molar-refractivity contribution in [2.45, 2.75) is 13.2 Å². The summed E-state index contributed by atoms with van der Waals surface area (Å²) >= 11 is 0. The summed E-state index contributed by atoms with van der Waals surface area (Å²) in [7, 11) is 0. The number of nitrogens with zero attached hydrogens (tertiary/aromatic N) is 1. The second-order valence-electron chi connectivity index (χ2n) is 4.81. The molecule has 0 fully saturated rings. The number of aromatic nitrogens is 1. The second kappa shape index (κ2) is 5.76. The van der Waals surface area contributed by atoms with E-state index in [2.05, 4.69) is 34.9 Å². The van der Waals surface area contributed by atoms with Crippen LogP contribution in [0.2, 0.25) is 0 Å². The molecule has 0 saturated heterocycles. The van der Waals surface area contributed by atoms with Gasteiger partial charge in [-0.2, -0.15) is 0 Å². The molecule has 0 aliphatic carbocycles. The lowest BCUT2D eigenvalue weighted by atomic mass is 10.1. The lowest BCUT2D eigenvalue weighted by Crippen LogP contribution is -2.06. The lowest BCUT2D eigenvalue weighted by molar-refractivity contribution is 0.272. The standard InChI is InChI=1S/C18H17NO/c20-14-17-11-12-18(16-9-5-2-6-10-16)19(17)13-15-7-3-1-4-8-15/h1-12,20H,13-14H2. The molecule has 2 aromatic carbocycles. The quantitative estimate of drug-likeness (QED) is 0.763. The lowest BCUT2D eigenvalue weighted by Gasteiger charge is -2.13. The molecule has 1 aromatic heterocycles. The van der Waals surface area contributed by atoms with Gasteiger partial charge in [0.25, 0.3) is 0 Å². The molecule has 2 heteroatoms. The molecule has 1 N–H and O–H groups in total. The number of aliphatic hydroxyl groups excluding tert-OH is 1. The fourth-order valence-corrected chi connectivity index (χ4v) is 2.46. The van der Waals surface area contributed by atoms with Crippen molar-refractivity contribution in [3.05, 3.63) is 84.1 Å². The Hall–Kier alpha value is -2.32. The molecule has 0 amide bonds. The van der Waals surface area contributed by atoms with Crippen LogP contribution in [-0.2, 0) is 13.2 Å². The molecule has 0 radical (unpaired) electrons. The van der Waals surface area contributed by atoms with Crippen LogP contribution in [0.5, 0.6) is 0 Å². The molecule has 3 rings (SSSR count). The fraction of sp³-hybridized carbons (Fsp3) is 0.111. The minimum atomic E-state index is 0.0552. The van der Waals surface area contributed by atoms with Gasteiger partial charge < -0.3 is 9.67 Å². The predicted molar refractivity (Wildman–Crippen MR) is 81.3 cm³/mol. The Morgan fingerprint density at radius 2 is 1.40 bits per heavy atom. The van der Waals surface area contributed by atoms with Gasteiger partial charge in [-0.15, -0.1) is 0 Å². The summed E-state index contributed by atoms with van der Waals surface area (Å²) in [5.74, 6) is 0. The average Bonchev–Trinajstić information content (AvgIpc) is 2.92. The van der Waals surface area contributed by atoms with E-state index in [1.54, 1.807) is 0 Å². The Bertz CT molecular complexity index is 671. The van der Waals surface area contributed by atoms with Crippen LogP contribution >= 0.6 is 0 Å². The summed E-state index contributed by atoms with van der Waals surface area (Å²) in [6.07, 6.45) is 0. The van der Waals surface area contributed by atoms with Crippen LogP contribution in [0.3, 0.4) is 0 Å². The highest BCUT2D eigenvalue weighted by atomic mass is 16.3. The normalized spacial score (nSPS) is 10.7. The number of hydrogen-bond acceptors (Lipinski definition) is 1. The third kappa shape index (κ3) is 2.51. The van der Waals surface area contributed by atoms with Gasteiger partial charge in [0.2, 0.25) is 0 Å². The minimum Gasteiger partial charge on any atom is -0.390 e. The summed E-state index contributed by atoms with van der Waals surface area (Å²) < 4.78 is 2.17. The first-order valence-electron chi connectivity index (χ1n) is 6.77. The molecule has 0 atom stereocenters. The van der Waals surface area contributed by atoms with Crippen molar-refractivity contribution in [1.29, 1.82) is 0 Å². The Morgan fingerprint density at radius 1 is 0.750 bits per heavy atom. The van der Waals surface area contributed by atoms with Gasteiger partial charge in [0.15, 0.2) is 0 Å². The van der Waals surface area contributed by atoms with Gasteiger partial charge in [-0.25, -0.2) is 0 Å². The molecule has 1 heterocycles. The Balaban J connectivity index is 2.02. The van der Waals surface area contributed by atoms with E-state index in [4.69, 9.17) is 0 Å². The van der Waals surface area contributed by atoms with E-state index < -0.39 is 0 Å². The summed E-state index contributed by atoms with van der Waals surface area (Å²) in [5.41, 5.74) is 4.48. The molecule has 20 heavy (non-hydrogen) atoms. The first-order valence-corrected chi connectivity index (χ1v) is 6.77. The third-order valence-electron chi connectivity index (χ3n) is 3.49.